The fourth-order valence-electron chi connectivity index (χ4n) is 4.50. The maximum absolute atomic E-state index is 12.5. The summed E-state index contributed by atoms with van der Waals surface area (Å²) >= 11 is 0. The van der Waals surface area contributed by atoms with Crippen molar-refractivity contribution in [1.29, 1.82) is 0 Å². The number of unbranched alkanes of at least 4 members (excludes halogenated alkanes) is 1. The Bertz CT molecular complexity index is 1250. The lowest BCUT2D eigenvalue weighted by atomic mass is 10.1. The Morgan fingerprint density at radius 1 is 1.00 bits per heavy atom. The summed E-state index contributed by atoms with van der Waals surface area (Å²) in [5, 5.41) is 0. The van der Waals surface area contributed by atoms with Crippen LogP contribution < -0.4 is 20.7 Å². The monoisotopic (exact) mass is 470 g/mol. The Hall–Kier alpha value is -3.11. The summed E-state index contributed by atoms with van der Waals surface area (Å²) < 4.78 is 14.2. The number of imidazole rings is 1. The summed E-state index contributed by atoms with van der Waals surface area (Å²) in [5.41, 5.74) is 1.35. The van der Waals surface area contributed by atoms with Gasteiger partial charge in [-0.2, -0.15) is 0 Å². The van der Waals surface area contributed by atoms with E-state index in [0.29, 0.717) is 24.3 Å². The first-order chi connectivity index (χ1) is 16.4. The third kappa shape index (κ3) is 4.88. The molecule has 0 atom stereocenters. The molecular formula is C24H34N6O4. The second-order valence-corrected chi connectivity index (χ2v) is 8.77. The molecular weight excluding hydrogens is 436 g/mol. The Labute approximate surface area is 198 Å². The van der Waals surface area contributed by atoms with Gasteiger partial charge in [0.2, 0.25) is 0 Å². The van der Waals surface area contributed by atoms with Crippen molar-refractivity contribution < 1.29 is 9.47 Å². The van der Waals surface area contributed by atoms with Gasteiger partial charge in [-0.3, -0.25) is 24.1 Å². The highest BCUT2D eigenvalue weighted by Gasteiger charge is 2.22. The van der Waals surface area contributed by atoms with Crippen molar-refractivity contribution in [2.24, 2.45) is 7.05 Å². The molecule has 1 aliphatic rings. The van der Waals surface area contributed by atoms with E-state index in [1.54, 1.807) is 18.8 Å². The van der Waals surface area contributed by atoms with Crippen LogP contribution in [0.2, 0.25) is 0 Å². The first-order valence-electron chi connectivity index (χ1n) is 11.8. The molecule has 1 aromatic carbocycles. The van der Waals surface area contributed by atoms with E-state index >= 15 is 0 Å². The molecule has 1 fully saturated rings. The van der Waals surface area contributed by atoms with Crippen molar-refractivity contribution in [2.45, 2.75) is 39.4 Å². The van der Waals surface area contributed by atoms with Crippen molar-refractivity contribution in [1.82, 2.24) is 28.9 Å². The molecule has 0 amide bonds. The summed E-state index contributed by atoms with van der Waals surface area (Å²) in [7, 11) is 5.14. The minimum atomic E-state index is -0.389. The van der Waals surface area contributed by atoms with Gasteiger partial charge in [-0.05, 0) is 24.1 Å². The van der Waals surface area contributed by atoms with Crippen LogP contribution in [-0.4, -0.2) is 69.3 Å². The Morgan fingerprint density at radius 2 is 1.68 bits per heavy atom. The molecule has 34 heavy (non-hydrogen) atoms. The number of rotatable bonds is 9. The number of piperazine rings is 1. The summed E-state index contributed by atoms with van der Waals surface area (Å²) in [6, 6.07) is 6.04. The van der Waals surface area contributed by atoms with Crippen molar-refractivity contribution >= 4 is 11.2 Å². The van der Waals surface area contributed by atoms with Crippen LogP contribution in [0.15, 0.2) is 27.8 Å². The lowest BCUT2D eigenvalue weighted by molar-refractivity contribution is 0.119. The molecule has 184 valence electrons. The molecule has 1 saturated heterocycles. The van der Waals surface area contributed by atoms with Gasteiger partial charge in [-0.15, -0.1) is 0 Å². The van der Waals surface area contributed by atoms with E-state index in [1.807, 2.05) is 23.7 Å². The van der Waals surface area contributed by atoms with E-state index in [0.717, 1.165) is 62.9 Å². The van der Waals surface area contributed by atoms with Gasteiger partial charge < -0.3 is 14.0 Å². The van der Waals surface area contributed by atoms with Crippen LogP contribution >= 0.6 is 0 Å². The number of nitrogens with one attached hydrogen (secondary N) is 1. The van der Waals surface area contributed by atoms with Crippen molar-refractivity contribution in [3.05, 3.63) is 50.4 Å². The number of methoxy groups -OCH3 is 2. The third-order valence-corrected chi connectivity index (χ3v) is 6.53. The number of hydrogen-bond acceptors (Lipinski definition) is 7. The predicted octanol–water partition coefficient (Wildman–Crippen LogP) is 1.56. The zero-order valence-electron chi connectivity index (χ0n) is 20.5. The summed E-state index contributed by atoms with van der Waals surface area (Å²) in [5.74, 6) is 2.27. The van der Waals surface area contributed by atoms with E-state index in [-0.39, 0.29) is 11.2 Å². The van der Waals surface area contributed by atoms with Gasteiger partial charge in [-0.25, -0.2) is 9.78 Å². The lowest BCUT2D eigenvalue weighted by Gasteiger charge is -2.34. The largest absolute Gasteiger partial charge is 0.493 e. The molecule has 3 aromatic rings. The van der Waals surface area contributed by atoms with Gasteiger partial charge in [0.1, 0.15) is 5.82 Å². The number of aromatic amines is 1. The van der Waals surface area contributed by atoms with Gasteiger partial charge in [-0.1, -0.05) is 19.4 Å². The quantitative estimate of drug-likeness (QED) is 0.507. The molecule has 0 spiro atoms. The Kier molecular flexibility index (Phi) is 7.38. The van der Waals surface area contributed by atoms with Crippen LogP contribution in [0, 0.1) is 0 Å². The van der Waals surface area contributed by atoms with Crippen molar-refractivity contribution in [3.63, 3.8) is 0 Å². The van der Waals surface area contributed by atoms with Gasteiger partial charge >= 0.3 is 5.69 Å². The minimum Gasteiger partial charge on any atom is -0.493 e. The SMILES string of the molecule is CCCCn1c(=O)[nH]c(=O)c2c1nc(CN1CCN(Cc3ccc(OC)c(OC)c3)CC1)n2C. The van der Waals surface area contributed by atoms with Crippen LogP contribution in [0.4, 0.5) is 0 Å². The number of aromatic nitrogens is 4. The number of nitrogens with zero attached hydrogens (tertiary/aromatic N) is 5. The van der Waals surface area contributed by atoms with Gasteiger partial charge in [0, 0.05) is 46.3 Å². The van der Waals surface area contributed by atoms with Crippen LogP contribution in [-0.2, 0) is 26.7 Å². The Morgan fingerprint density at radius 3 is 2.32 bits per heavy atom. The summed E-state index contributed by atoms with van der Waals surface area (Å²) in [6.07, 6.45) is 1.81. The molecule has 3 heterocycles. The highest BCUT2D eigenvalue weighted by atomic mass is 16.5. The predicted molar refractivity (Wildman–Crippen MR) is 131 cm³/mol. The standard InChI is InChI=1S/C24H34N6O4/c1-5-6-9-30-22-21(23(31)26-24(30)32)27(2)20(25-22)16-29-12-10-28(11-13-29)15-17-7-8-18(33-3)19(14-17)34-4/h7-8,14H,5-6,9-13,15-16H2,1-4H3,(H,26,31,32). The first-order valence-corrected chi connectivity index (χ1v) is 11.8. The van der Waals surface area contributed by atoms with Gasteiger partial charge in [0.15, 0.2) is 22.7 Å². The van der Waals surface area contributed by atoms with E-state index in [4.69, 9.17) is 14.5 Å². The van der Waals surface area contributed by atoms with E-state index < -0.39 is 0 Å². The minimum absolute atomic E-state index is 0.381. The second kappa shape index (κ2) is 10.4. The van der Waals surface area contributed by atoms with E-state index in [1.165, 1.54) is 5.56 Å². The molecule has 0 saturated carbocycles. The molecule has 10 nitrogen and oxygen atoms in total. The molecule has 2 aromatic heterocycles. The Balaban J connectivity index is 1.44. The van der Waals surface area contributed by atoms with Gasteiger partial charge in [0.25, 0.3) is 5.56 Å². The number of H-pyrrole nitrogens is 1. The molecule has 10 heteroatoms. The fourth-order valence-corrected chi connectivity index (χ4v) is 4.50. The molecule has 4 rings (SSSR count). The van der Waals surface area contributed by atoms with E-state index in [9.17, 15) is 9.59 Å². The molecule has 0 radical (unpaired) electrons. The molecule has 1 aliphatic heterocycles. The summed E-state index contributed by atoms with van der Waals surface area (Å²) in [4.78, 5) is 36.8. The average molecular weight is 471 g/mol. The molecule has 1 N–H and O–H groups in total. The maximum atomic E-state index is 12.5. The topological polar surface area (TPSA) is 97.6 Å². The number of benzene rings is 1. The van der Waals surface area contributed by atoms with Crippen molar-refractivity contribution in [2.75, 3.05) is 40.4 Å². The third-order valence-electron chi connectivity index (χ3n) is 6.53. The normalized spacial score (nSPS) is 15.2. The number of hydrogen-bond donors (Lipinski definition) is 1. The number of ether oxygens (including phenoxy) is 2. The zero-order chi connectivity index (χ0) is 24.2. The maximum Gasteiger partial charge on any atom is 0.330 e. The molecule has 0 aliphatic carbocycles. The smallest absolute Gasteiger partial charge is 0.330 e. The average Bonchev–Trinajstić information content (AvgIpc) is 3.16. The second-order valence-electron chi connectivity index (χ2n) is 8.77. The van der Waals surface area contributed by atoms with Crippen LogP contribution in [0.5, 0.6) is 11.5 Å². The van der Waals surface area contributed by atoms with E-state index in [2.05, 4.69) is 27.8 Å². The highest BCUT2D eigenvalue weighted by Crippen LogP contribution is 2.28. The van der Waals surface area contributed by atoms with Crippen LogP contribution in [0.25, 0.3) is 11.2 Å². The first kappa shape index (κ1) is 24.0. The molecule has 0 unspecified atom stereocenters. The zero-order valence-corrected chi connectivity index (χ0v) is 20.5. The fraction of sp³-hybridized carbons (Fsp3) is 0.542. The van der Waals surface area contributed by atoms with Gasteiger partial charge in [0.05, 0.1) is 20.8 Å². The lowest BCUT2D eigenvalue weighted by Crippen LogP contribution is -2.45. The number of aryl methyl sites for hydroxylation is 2. The van der Waals surface area contributed by atoms with Crippen LogP contribution in [0.3, 0.4) is 0 Å². The highest BCUT2D eigenvalue weighted by molar-refractivity contribution is 5.70. The van der Waals surface area contributed by atoms with Crippen LogP contribution in [0.1, 0.15) is 31.2 Å². The number of fused-ring (bicyclic) bond motifs is 1. The summed E-state index contributed by atoms with van der Waals surface area (Å²) in [6.45, 7) is 7.76. The van der Waals surface area contributed by atoms with Crippen molar-refractivity contribution in [3.8, 4) is 11.5 Å². The molecule has 0 bridgehead atoms.